The Balaban J connectivity index is 1.32. The van der Waals surface area contributed by atoms with E-state index in [-0.39, 0.29) is 11.7 Å². The van der Waals surface area contributed by atoms with Gasteiger partial charge in [0.05, 0.1) is 31.2 Å². The van der Waals surface area contributed by atoms with E-state index in [1.165, 1.54) is 0 Å². The maximum absolute atomic E-state index is 6.03. The molecule has 1 spiro atoms. The lowest BCUT2D eigenvalue weighted by Crippen LogP contribution is -2.65. The molecule has 6 nitrogen and oxygen atoms in total. The van der Waals surface area contributed by atoms with Crippen LogP contribution < -0.4 is 4.74 Å². The summed E-state index contributed by atoms with van der Waals surface area (Å²) in [6.07, 6.45) is 8.62. The summed E-state index contributed by atoms with van der Waals surface area (Å²) in [5, 5.41) is 0. The van der Waals surface area contributed by atoms with Gasteiger partial charge in [-0.15, -0.1) is 0 Å². The SMILES string of the molecule is c1coc(CN2CC3(CC(Oc4cnccn4)CCO3)C2)c1. The van der Waals surface area contributed by atoms with E-state index in [0.717, 1.165) is 44.8 Å². The van der Waals surface area contributed by atoms with Crippen LogP contribution in [-0.4, -0.2) is 46.3 Å². The first kappa shape index (κ1) is 13.7. The summed E-state index contributed by atoms with van der Waals surface area (Å²) >= 11 is 0. The Hall–Kier alpha value is -1.92. The topological polar surface area (TPSA) is 60.6 Å². The second-order valence-electron chi connectivity index (χ2n) is 6.03. The summed E-state index contributed by atoms with van der Waals surface area (Å²) in [4.78, 5) is 10.6. The number of rotatable bonds is 4. The molecule has 2 fully saturated rings. The Bertz CT molecular complexity index is 596. The highest BCUT2D eigenvalue weighted by atomic mass is 16.5. The summed E-state index contributed by atoms with van der Waals surface area (Å²) in [7, 11) is 0. The molecule has 2 aliphatic rings. The predicted molar refractivity (Wildman–Crippen MR) is 78.4 cm³/mol. The highest BCUT2D eigenvalue weighted by Gasteiger charge is 2.48. The van der Waals surface area contributed by atoms with Crippen LogP contribution in [0.4, 0.5) is 0 Å². The van der Waals surface area contributed by atoms with Gasteiger partial charge in [0.2, 0.25) is 5.88 Å². The summed E-state index contributed by atoms with van der Waals surface area (Å²) < 4.78 is 17.4. The van der Waals surface area contributed by atoms with Gasteiger partial charge in [-0.25, -0.2) is 4.98 Å². The molecule has 0 aliphatic carbocycles. The lowest BCUT2D eigenvalue weighted by Gasteiger charge is -2.52. The first-order valence-corrected chi connectivity index (χ1v) is 7.63. The summed E-state index contributed by atoms with van der Waals surface area (Å²) in [6, 6.07) is 3.93. The first-order valence-electron chi connectivity index (χ1n) is 7.63. The fraction of sp³-hybridized carbons (Fsp3) is 0.500. The third-order valence-corrected chi connectivity index (χ3v) is 4.26. The molecule has 4 rings (SSSR count). The van der Waals surface area contributed by atoms with Gasteiger partial charge in [-0.3, -0.25) is 9.88 Å². The Labute approximate surface area is 129 Å². The Morgan fingerprint density at radius 2 is 2.32 bits per heavy atom. The quantitative estimate of drug-likeness (QED) is 0.859. The molecule has 2 aromatic heterocycles. The van der Waals surface area contributed by atoms with Crippen molar-refractivity contribution in [3.05, 3.63) is 42.7 Å². The van der Waals surface area contributed by atoms with E-state index in [2.05, 4.69) is 14.9 Å². The van der Waals surface area contributed by atoms with Crippen LogP contribution in [0.5, 0.6) is 5.88 Å². The van der Waals surface area contributed by atoms with Crippen molar-refractivity contribution in [2.45, 2.75) is 31.1 Å². The average molecular weight is 301 g/mol. The van der Waals surface area contributed by atoms with Gasteiger partial charge in [0, 0.05) is 38.3 Å². The molecule has 0 saturated carbocycles. The largest absolute Gasteiger partial charge is 0.473 e. The van der Waals surface area contributed by atoms with Gasteiger partial charge >= 0.3 is 0 Å². The van der Waals surface area contributed by atoms with E-state index < -0.39 is 0 Å². The summed E-state index contributed by atoms with van der Waals surface area (Å²) in [5.41, 5.74) is -0.0717. The minimum atomic E-state index is -0.0717. The number of aromatic nitrogens is 2. The van der Waals surface area contributed by atoms with E-state index in [0.29, 0.717) is 5.88 Å². The van der Waals surface area contributed by atoms with Crippen molar-refractivity contribution < 1.29 is 13.9 Å². The van der Waals surface area contributed by atoms with Gasteiger partial charge in [0.15, 0.2) is 0 Å². The zero-order chi connectivity index (χ0) is 14.8. The highest BCUT2D eigenvalue weighted by molar-refractivity contribution is 5.07. The normalized spacial score (nSPS) is 24.1. The van der Waals surface area contributed by atoms with Crippen LogP contribution in [-0.2, 0) is 11.3 Å². The Morgan fingerprint density at radius 3 is 3.09 bits per heavy atom. The summed E-state index contributed by atoms with van der Waals surface area (Å²) in [5.74, 6) is 1.59. The molecule has 0 amide bonds. The van der Waals surface area contributed by atoms with E-state index in [1.54, 1.807) is 24.9 Å². The van der Waals surface area contributed by atoms with Crippen LogP contribution in [0.2, 0.25) is 0 Å². The Morgan fingerprint density at radius 1 is 1.36 bits per heavy atom. The molecule has 0 bridgehead atoms. The van der Waals surface area contributed by atoms with Crippen molar-refractivity contribution >= 4 is 0 Å². The molecular weight excluding hydrogens is 282 g/mol. The van der Waals surface area contributed by atoms with Crippen molar-refractivity contribution in [3.63, 3.8) is 0 Å². The van der Waals surface area contributed by atoms with E-state index in [4.69, 9.17) is 13.9 Å². The molecule has 2 saturated heterocycles. The fourth-order valence-electron chi connectivity index (χ4n) is 3.32. The highest BCUT2D eigenvalue weighted by Crippen LogP contribution is 2.36. The van der Waals surface area contributed by atoms with Gasteiger partial charge < -0.3 is 13.9 Å². The van der Waals surface area contributed by atoms with E-state index in [1.807, 2.05) is 12.1 Å². The molecule has 1 unspecified atom stereocenters. The van der Waals surface area contributed by atoms with Crippen molar-refractivity contribution in [2.24, 2.45) is 0 Å². The summed E-state index contributed by atoms with van der Waals surface area (Å²) in [6.45, 7) is 3.43. The van der Waals surface area contributed by atoms with Crippen molar-refractivity contribution in [1.82, 2.24) is 14.9 Å². The van der Waals surface area contributed by atoms with Crippen LogP contribution in [0.25, 0.3) is 0 Å². The van der Waals surface area contributed by atoms with E-state index >= 15 is 0 Å². The lowest BCUT2D eigenvalue weighted by molar-refractivity contribution is -0.189. The fourth-order valence-corrected chi connectivity index (χ4v) is 3.32. The second kappa shape index (κ2) is 5.70. The molecule has 0 radical (unpaired) electrons. The molecule has 2 aromatic rings. The zero-order valence-electron chi connectivity index (χ0n) is 12.4. The molecular formula is C16H19N3O3. The van der Waals surface area contributed by atoms with Crippen molar-refractivity contribution in [3.8, 4) is 5.88 Å². The predicted octanol–water partition coefficient (Wildman–Crippen LogP) is 1.88. The number of ether oxygens (including phenoxy) is 2. The molecule has 6 heteroatoms. The maximum Gasteiger partial charge on any atom is 0.232 e. The van der Waals surface area contributed by atoms with Gasteiger partial charge in [-0.1, -0.05) is 0 Å². The van der Waals surface area contributed by atoms with Gasteiger partial charge in [-0.05, 0) is 12.1 Å². The first-order chi connectivity index (χ1) is 10.8. The van der Waals surface area contributed by atoms with E-state index in [9.17, 15) is 0 Å². The van der Waals surface area contributed by atoms with Crippen LogP contribution in [0.3, 0.4) is 0 Å². The number of likely N-dealkylation sites (tertiary alicyclic amines) is 1. The smallest absolute Gasteiger partial charge is 0.232 e. The molecule has 4 heterocycles. The average Bonchev–Trinajstić information content (AvgIpc) is 3.00. The van der Waals surface area contributed by atoms with Crippen LogP contribution in [0.1, 0.15) is 18.6 Å². The molecule has 116 valence electrons. The molecule has 0 aromatic carbocycles. The minimum Gasteiger partial charge on any atom is -0.473 e. The number of hydrogen-bond donors (Lipinski definition) is 0. The standard InChI is InChI=1S/C16H19N3O3/c1-2-14(20-6-1)10-19-11-16(12-19)8-13(3-7-21-16)22-15-9-17-4-5-18-15/h1-2,4-6,9,13H,3,7-8,10-12H2. The third-order valence-electron chi connectivity index (χ3n) is 4.26. The number of nitrogens with zero attached hydrogens (tertiary/aromatic N) is 3. The van der Waals surface area contributed by atoms with Crippen molar-refractivity contribution in [1.29, 1.82) is 0 Å². The minimum absolute atomic E-state index is 0.0717. The van der Waals surface area contributed by atoms with Crippen LogP contribution in [0.15, 0.2) is 41.4 Å². The van der Waals surface area contributed by atoms with Gasteiger partial charge in [0.1, 0.15) is 11.9 Å². The van der Waals surface area contributed by atoms with Gasteiger partial charge in [-0.2, -0.15) is 0 Å². The zero-order valence-corrected chi connectivity index (χ0v) is 12.4. The number of hydrogen-bond acceptors (Lipinski definition) is 6. The third kappa shape index (κ3) is 2.84. The maximum atomic E-state index is 6.03. The van der Waals surface area contributed by atoms with Crippen LogP contribution in [0, 0.1) is 0 Å². The Kier molecular flexibility index (Phi) is 3.56. The van der Waals surface area contributed by atoms with Crippen molar-refractivity contribution in [2.75, 3.05) is 19.7 Å². The molecule has 2 aliphatic heterocycles. The molecule has 1 atom stereocenters. The molecule has 22 heavy (non-hydrogen) atoms. The molecule has 0 N–H and O–H groups in total. The lowest BCUT2D eigenvalue weighted by atomic mass is 9.84. The van der Waals surface area contributed by atoms with Crippen LogP contribution >= 0.6 is 0 Å². The monoisotopic (exact) mass is 301 g/mol. The second-order valence-corrected chi connectivity index (χ2v) is 6.03. The number of furan rings is 1. The van der Waals surface area contributed by atoms with Gasteiger partial charge in [0.25, 0.3) is 0 Å².